The first-order chi connectivity index (χ1) is 10.3. The molecule has 6 heteroatoms. The quantitative estimate of drug-likeness (QED) is 0.666. The summed E-state index contributed by atoms with van der Waals surface area (Å²) in [6.07, 6.45) is 2.42. The molecule has 1 fully saturated rings. The molecule has 3 atom stereocenters. The highest BCUT2D eigenvalue weighted by Crippen LogP contribution is 2.45. The van der Waals surface area contributed by atoms with Gasteiger partial charge >= 0.3 is 11.9 Å². The van der Waals surface area contributed by atoms with Crippen LogP contribution < -0.4 is 0 Å². The third kappa shape index (κ3) is 3.20. The van der Waals surface area contributed by atoms with Crippen molar-refractivity contribution in [3.05, 3.63) is 0 Å². The van der Waals surface area contributed by atoms with E-state index in [-0.39, 0.29) is 12.8 Å². The summed E-state index contributed by atoms with van der Waals surface area (Å²) in [4.78, 5) is 48.1. The van der Waals surface area contributed by atoms with E-state index in [1.54, 1.807) is 0 Å². The van der Waals surface area contributed by atoms with E-state index in [1.165, 1.54) is 0 Å². The molecule has 0 aliphatic heterocycles. The van der Waals surface area contributed by atoms with Crippen molar-refractivity contribution in [1.29, 1.82) is 0 Å². The van der Waals surface area contributed by atoms with Crippen LogP contribution >= 0.6 is 0 Å². The van der Waals surface area contributed by atoms with E-state index in [0.29, 0.717) is 19.3 Å². The molecule has 0 heterocycles. The number of hydrogen-bond acceptors (Lipinski definition) is 4. The van der Waals surface area contributed by atoms with Crippen LogP contribution in [0.1, 0.15) is 58.8 Å². The molecule has 0 saturated heterocycles. The van der Waals surface area contributed by atoms with Crippen molar-refractivity contribution in [1.82, 2.24) is 0 Å². The number of carbonyl (C=O) groups is 4. The molecule has 1 aliphatic rings. The minimum atomic E-state index is -1.74. The molecule has 1 saturated carbocycles. The Balaban J connectivity index is 3.29. The second-order valence-corrected chi connectivity index (χ2v) is 6.00. The Morgan fingerprint density at radius 1 is 1.14 bits per heavy atom. The molecular weight excluding hydrogens is 288 g/mol. The lowest BCUT2D eigenvalue weighted by molar-refractivity contribution is -0.172. The van der Waals surface area contributed by atoms with E-state index < -0.39 is 47.2 Å². The highest BCUT2D eigenvalue weighted by molar-refractivity contribution is 6.16. The zero-order valence-electron chi connectivity index (χ0n) is 13.1. The Bertz CT molecular complexity index is 467. The normalized spacial score (nSPS) is 28.6. The molecule has 6 nitrogen and oxygen atoms in total. The highest BCUT2D eigenvalue weighted by atomic mass is 16.4. The Kier molecular flexibility index (Phi) is 6.26. The average molecular weight is 312 g/mol. The first-order valence-electron chi connectivity index (χ1n) is 7.86. The third-order valence-corrected chi connectivity index (χ3v) is 4.62. The lowest BCUT2D eigenvalue weighted by atomic mass is 9.58. The molecule has 2 N–H and O–H groups in total. The van der Waals surface area contributed by atoms with Crippen LogP contribution in [0.15, 0.2) is 0 Å². The van der Waals surface area contributed by atoms with E-state index >= 15 is 0 Å². The lowest BCUT2D eigenvalue weighted by Gasteiger charge is -2.40. The maximum atomic E-state index is 12.5. The van der Waals surface area contributed by atoms with Gasteiger partial charge in [-0.3, -0.25) is 19.2 Å². The third-order valence-electron chi connectivity index (χ3n) is 4.62. The van der Waals surface area contributed by atoms with E-state index in [2.05, 4.69) is 0 Å². The van der Waals surface area contributed by atoms with Crippen molar-refractivity contribution in [3.63, 3.8) is 0 Å². The second kappa shape index (κ2) is 7.51. The summed E-state index contributed by atoms with van der Waals surface area (Å²) in [5.41, 5.74) is -1.74. The fourth-order valence-corrected chi connectivity index (χ4v) is 3.30. The predicted molar refractivity (Wildman–Crippen MR) is 78.4 cm³/mol. The smallest absolute Gasteiger partial charge is 0.317 e. The molecule has 22 heavy (non-hydrogen) atoms. The minimum absolute atomic E-state index is 0.101. The number of hydrogen-bond donors (Lipinski definition) is 2. The molecule has 0 aromatic rings. The van der Waals surface area contributed by atoms with Gasteiger partial charge in [0.25, 0.3) is 0 Å². The monoisotopic (exact) mass is 312 g/mol. The van der Waals surface area contributed by atoms with Crippen LogP contribution in [-0.2, 0) is 19.2 Å². The summed E-state index contributed by atoms with van der Waals surface area (Å²) >= 11 is 0. The van der Waals surface area contributed by atoms with Crippen molar-refractivity contribution >= 4 is 23.5 Å². The molecule has 0 amide bonds. The van der Waals surface area contributed by atoms with Crippen LogP contribution in [0.25, 0.3) is 0 Å². The maximum absolute atomic E-state index is 12.5. The Morgan fingerprint density at radius 3 is 2.18 bits per heavy atom. The van der Waals surface area contributed by atoms with Crippen LogP contribution in [0, 0.1) is 17.3 Å². The number of aliphatic carboxylic acids is 2. The van der Waals surface area contributed by atoms with Gasteiger partial charge in [-0.05, 0) is 12.8 Å². The summed E-state index contributed by atoms with van der Waals surface area (Å²) in [6, 6.07) is 0. The van der Waals surface area contributed by atoms with Gasteiger partial charge in [0.15, 0.2) is 11.6 Å². The first kappa shape index (κ1) is 18.3. The van der Waals surface area contributed by atoms with E-state index in [9.17, 15) is 24.3 Å². The van der Waals surface area contributed by atoms with Crippen molar-refractivity contribution in [2.45, 2.75) is 58.8 Å². The molecule has 0 aromatic heterocycles. The molecule has 0 spiro atoms. The van der Waals surface area contributed by atoms with Crippen molar-refractivity contribution < 1.29 is 29.4 Å². The molecule has 0 aromatic carbocycles. The highest BCUT2D eigenvalue weighted by Gasteiger charge is 2.59. The van der Waals surface area contributed by atoms with Crippen molar-refractivity contribution in [3.8, 4) is 0 Å². The number of carbonyl (C=O) groups excluding carboxylic acids is 2. The number of ketones is 2. The van der Waals surface area contributed by atoms with Crippen LogP contribution in [0.3, 0.4) is 0 Å². The van der Waals surface area contributed by atoms with Crippen LogP contribution in [0.5, 0.6) is 0 Å². The number of Topliss-reactive ketones (excluding diaryl/α,β-unsaturated/α-hetero) is 2. The van der Waals surface area contributed by atoms with Crippen molar-refractivity contribution in [2.24, 2.45) is 17.3 Å². The number of carboxylic acid groups (broad SMARTS) is 2. The van der Waals surface area contributed by atoms with Gasteiger partial charge in [-0.1, -0.05) is 39.5 Å². The minimum Gasteiger partial charge on any atom is -0.481 e. The topological polar surface area (TPSA) is 109 Å². The van der Waals surface area contributed by atoms with E-state index in [0.717, 1.165) is 6.42 Å². The van der Waals surface area contributed by atoms with Gasteiger partial charge in [-0.25, -0.2) is 0 Å². The van der Waals surface area contributed by atoms with Gasteiger partial charge in [0.2, 0.25) is 0 Å². The Morgan fingerprint density at radius 2 is 1.73 bits per heavy atom. The summed E-state index contributed by atoms with van der Waals surface area (Å²) in [5, 5.41) is 18.8. The number of unbranched alkanes of at least 4 members (excludes halogenated alkanes) is 2. The molecule has 1 rings (SSSR count). The largest absolute Gasteiger partial charge is 0.481 e. The van der Waals surface area contributed by atoms with E-state index in [4.69, 9.17) is 5.11 Å². The van der Waals surface area contributed by atoms with Gasteiger partial charge in [0.05, 0.1) is 0 Å². The van der Waals surface area contributed by atoms with Crippen LogP contribution in [0.4, 0.5) is 0 Å². The van der Waals surface area contributed by atoms with Crippen molar-refractivity contribution in [2.75, 3.05) is 0 Å². The standard InChI is InChI=1S/C16H24O6/c1-3-5-7-11-13(18)10(14(19)20)9-12(17)16(11,15(21)22)8-6-4-2/h10-11H,3-9H2,1-2H3,(H,19,20)(H,21,22). The number of rotatable bonds is 8. The maximum Gasteiger partial charge on any atom is 0.317 e. The molecule has 1 aliphatic carbocycles. The molecule has 3 unspecified atom stereocenters. The second-order valence-electron chi connectivity index (χ2n) is 6.00. The van der Waals surface area contributed by atoms with Gasteiger partial charge < -0.3 is 10.2 Å². The molecule has 0 bridgehead atoms. The van der Waals surface area contributed by atoms with Crippen LogP contribution in [-0.4, -0.2) is 33.7 Å². The average Bonchev–Trinajstić information content (AvgIpc) is 2.45. The van der Waals surface area contributed by atoms with Gasteiger partial charge in [-0.2, -0.15) is 0 Å². The fraction of sp³-hybridized carbons (Fsp3) is 0.750. The zero-order valence-corrected chi connectivity index (χ0v) is 13.1. The van der Waals surface area contributed by atoms with Crippen LogP contribution in [0.2, 0.25) is 0 Å². The predicted octanol–water partition coefficient (Wildman–Crippen LogP) is 2.30. The van der Waals surface area contributed by atoms with Gasteiger partial charge in [0.1, 0.15) is 11.3 Å². The zero-order chi connectivity index (χ0) is 16.9. The van der Waals surface area contributed by atoms with Gasteiger partial charge in [0, 0.05) is 12.3 Å². The number of carboxylic acids is 2. The Hall–Kier alpha value is -1.72. The Labute approximate surface area is 129 Å². The lowest BCUT2D eigenvalue weighted by Crippen LogP contribution is -2.56. The van der Waals surface area contributed by atoms with Gasteiger partial charge in [-0.15, -0.1) is 0 Å². The first-order valence-corrected chi connectivity index (χ1v) is 7.86. The molecule has 124 valence electrons. The fourth-order valence-electron chi connectivity index (χ4n) is 3.30. The molecular formula is C16H24O6. The SMILES string of the molecule is CCCCC1C(=O)C(C(=O)O)CC(=O)C1(CCCC)C(=O)O. The molecule has 0 radical (unpaired) electrons. The summed E-state index contributed by atoms with van der Waals surface area (Å²) in [6.45, 7) is 3.78. The van der Waals surface area contributed by atoms with E-state index in [1.807, 2.05) is 13.8 Å². The summed E-state index contributed by atoms with van der Waals surface area (Å²) in [7, 11) is 0. The summed E-state index contributed by atoms with van der Waals surface area (Å²) in [5.74, 6) is -6.26. The summed E-state index contributed by atoms with van der Waals surface area (Å²) < 4.78 is 0.